The van der Waals surface area contributed by atoms with Gasteiger partial charge in [0.05, 0.1) is 6.61 Å². The van der Waals surface area contributed by atoms with Crippen LogP contribution in [0.2, 0.25) is 0 Å². The van der Waals surface area contributed by atoms with E-state index in [1.807, 2.05) is 30.3 Å². The molecule has 2 heterocycles. The number of rotatable bonds is 5. The highest BCUT2D eigenvalue weighted by atomic mass is 16.5. The van der Waals surface area contributed by atoms with Crippen LogP contribution < -0.4 is 10.1 Å². The second-order valence-corrected chi connectivity index (χ2v) is 7.98. The summed E-state index contributed by atoms with van der Waals surface area (Å²) in [6, 6.07) is 16.2. The van der Waals surface area contributed by atoms with Gasteiger partial charge in [0.25, 0.3) is 5.91 Å². The van der Waals surface area contributed by atoms with E-state index < -0.39 is 0 Å². The van der Waals surface area contributed by atoms with E-state index in [0.29, 0.717) is 19.1 Å². The molecular formula is C23H29N3O2. The number of nitrogens with zero attached hydrogens (tertiary/aromatic N) is 2. The smallest absolute Gasteiger partial charge is 0.251 e. The Kier molecular flexibility index (Phi) is 5.93. The molecule has 0 aliphatic carbocycles. The Morgan fingerprint density at radius 1 is 1.07 bits per heavy atom. The molecule has 5 nitrogen and oxygen atoms in total. The van der Waals surface area contributed by atoms with Crippen LogP contribution in [0.3, 0.4) is 0 Å². The second kappa shape index (κ2) is 8.76. The fourth-order valence-electron chi connectivity index (χ4n) is 3.89. The fraction of sp³-hybridized carbons (Fsp3) is 0.435. The predicted molar refractivity (Wildman–Crippen MR) is 111 cm³/mol. The Morgan fingerprint density at radius 2 is 1.82 bits per heavy atom. The molecule has 28 heavy (non-hydrogen) atoms. The van der Waals surface area contributed by atoms with Crippen molar-refractivity contribution in [2.75, 3.05) is 46.4 Å². The van der Waals surface area contributed by atoms with Crippen molar-refractivity contribution < 1.29 is 9.53 Å². The van der Waals surface area contributed by atoms with Gasteiger partial charge in [-0.2, -0.15) is 0 Å². The van der Waals surface area contributed by atoms with Crippen LogP contribution in [0.15, 0.2) is 48.5 Å². The number of para-hydroxylation sites is 1. The lowest BCUT2D eigenvalue weighted by molar-refractivity contribution is 0.0939. The number of carbonyl (C=O) groups is 1. The normalized spacial score (nSPS) is 20.2. The average molecular weight is 380 g/mol. The predicted octanol–water partition coefficient (Wildman–Crippen LogP) is 2.42. The topological polar surface area (TPSA) is 44.8 Å². The molecule has 148 valence electrons. The number of hydrogen-bond donors (Lipinski definition) is 1. The number of amides is 1. The van der Waals surface area contributed by atoms with E-state index in [9.17, 15) is 4.79 Å². The zero-order valence-electron chi connectivity index (χ0n) is 16.6. The first-order chi connectivity index (χ1) is 13.7. The van der Waals surface area contributed by atoms with Crippen LogP contribution in [0.4, 0.5) is 0 Å². The van der Waals surface area contributed by atoms with E-state index >= 15 is 0 Å². The molecule has 2 aliphatic rings. The Balaban J connectivity index is 1.26. The minimum Gasteiger partial charge on any atom is -0.493 e. The summed E-state index contributed by atoms with van der Waals surface area (Å²) < 4.78 is 5.81. The number of benzene rings is 2. The maximum absolute atomic E-state index is 12.5. The van der Waals surface area contributed by atoms with Crippen LogP contribution >= 0.6 is 0 Å². The van der Waals surface area contributed by atoms with Crippen molar-refractivity contribution >= 4 is 5.91 Å². The van der Waals surface area contributed by atoms with Crippen LogP contribution in [0, 0.1) is 5.92 Å². The Labute approximate surface area is 167 Å². The molecule has 5 heteroatoms. The number of carbonyl (C=O) groups excluding carboxylic acids is 1. The van der Waals surface area contributed by atoms with Crippen LogP contribution in [-0.2, 0) is 13.0 Å². The monoisotopic (exact) mass is 379 g/mol. The maximum Gasteiger partial charge on any atom is 0.251 e. The molecule has 1 saturated heterocycles. The fourth-order valence-corrected chi connectivity index (χ4v) is 3.89. The minimum absolute atomic E-state index is 0.00925. The van der Waals surface area contributed by atoms with E-state index in [1.54, 1.807) is 0 Å². The summed E-state index contributed by atoms with van der Waals surface area (Å²) in [6.45, 7) is 6.69. The lowest BCUT2D eigenvalue weighted by atomic mass is 9.96. The SMILES string of the molecule is CN1CCN(Cc2ccc(C(=O)NCC3COc4ccccc4C3)cc2)CC1. The van der Waals surface area contributed by atoms with Crippen LogP contribution in [0.25, 0.3) is 0 Å². The van der Waals surface area contributed by atoms with Crippen molar-refractivity contribution in [3.8, 4) is 5.75 Å². The molecule has 1 atom stereocenters. The van der Waals surface area contributed by atoms with Gasteiger partial charge in [-0.25, -0.2) is 0 Å². The summed E-state index contributed by atoms with van der Waals surface area (Å²) in [6.07, 6.45) is 0.945. The summed E-state index contributed by atoms with van der Waals surface area (Å²) in [4.78, 5) is 17.3. The zero-order valence-corrected chi connectivity index (χ0v) is 16.6. The molecular weight excluding hydrogens is 350 g/mol. The largest absolute Gasteiger partial charge is 0.493 e. The van der Waals surface area contributed by atoms with Crippen molar-refractivity contribution in [2.45, 2.75) is 13.0 Å². The van der Waals surface area contributed by atoms with Gasteiger partial charge in [-0.3, -0.25) is 9.69 Å². The van der Waals surface area contributed by atoms with Crippen molar-refractivity contribution in [2.24, 2.45) is 5.92 Å². The van der Waals surface area contributed by atoms with Crippen molar-refractivity contribution in [3.05, 3.63) is 65.2 Å². The number of nitrogens with one attached hydrogen (secondary N) is 1. The molecule has 4 rings (SSSR count). The van der Waals surface area contributed by atoms with Gasteiger partial charge in [0.1, 0.15) is 5.75 Å². The molecule has 0 spiro atoms. The molecule has 1 amide bonds. The van der Waals surface area contributed by atoms with Crippen LogP contribution in [0.1, 0.15) is 21.5 Å². The summed E-state index contributed by atoms with van der Waals surface area (Å²) in [5, 5.41) is 3.07. The van der Waals surface area contributed by atoms with Gasteiger partial charge in [0.2, 0.25) is 0 Å². The zero-order chi connectivity index (χ0) is 19.3. The third-order valence-corrected chi connectivity index (χ3v) is 5.73. The van der Waals surface area contributed by atoms with Gasteiger partial charge in [0, 0.05) is 50.7 Å². The molecule has 2 aliphatic heterocycles. The van der Waals surface area contributed by atoms with Crippen molar-refractivity contribution in [1.29, 1.82) is 0 Å². The summed E-state index contributed by atoms with van der Waals surface area (Å²) in [7, 11) is 2.17. The third-order valence-electron chi connectivity index (χ3n) is 5.73. The molecule has 0 saturated carbocycles. The standard InChI is InChI=1S/C23H29N3O2/c1-25-10-12-26(13-11-25)16-18-6-8-20(9-7-18)23(27)24-15-19-14-21-4-2-3-5-22(21)28-17-19/h2-9,19H,10-17H2,1H3,(H,24,27). The first-order valence-electron chi connectivity index (χ1n) is 10.2. The Bertz CT molecular complexity index is 798. The first kappa shape index (κ1) is 19.0. The Hall–Kier alpha value is -2.37. The van der Waals surface area contributed by atoms with E-state index in [1.165, 1.54) is 11.1 Å². The first-order valence-corrected chi connectivity index (χ1v) is 10.2. The van der Waals surface area contributed by atoms with Crippen molar-refractivity contribution in [3.63, 3.8) is 0 Å². The molecule has 0 bridgehead atoms. The third kappa shape index (κ3) is 4.72. The molecule has 0 aromatic heterocycles. The van der Waals surface area contributed by atoms with Gasteiger partial charge in [-0.05, 0) is 42.8 Å². The van der Waals surface area contributed by atoms with Crippen LogP contribution in [0.5, 0.6) is 5.75 Å². The highest BCUT2D eigenvalue weighted by Gasteiger charge is 2.20. The molecule has 1 fully saturated rings. The second-order valence-electron chi connectivity index (χ2n) is 7.98. The highest BCUT2D eigenvalue weighted by molar-refractivity contribution is 5.94. The number of ether oxygens (including phenoxy) is 1. The average Bonchev–Trinajstić information content (AvgIpc) is 2.74. The van der Waals surface area contributed by atoms with Gasteiger partial charge in [-0.15, -0.1) is 0 Å². The van der Waals surface area contributed by atoms with E-state index in [4.69, 9.17) is 4.74 Å². The quantitative estimate of drug-likeness (QED) is 0.867. The Morgan fingerprint density at radius 3 is 2.61 bits per heavy atom. The summed E-state index contributed by atoms with van der Waals surface area (Å²) in [5.74, 6) is 1.28. The van der Waals surface area contributed by atoms with Gasteiger partial charge in [0.15, 0.2) is 0 Å². The van der Waals surface area contributed by atoms with E-state index in [2.05, 4.69) is 40.4 Å². The highest BCUT2D eigenvalue weighted by Crippen LogP contribution is 2.26. The number of hydrogen-bond acceptors (Lipinski definition) is 4. The van der Waals surface area contributed by atoms with E-state index in [-0.39, 0.29) is 5.91 Å². The van der Waals surface area contributed by atoms with Crippen molar-refractivity contribution in [1.82, 2.24) is 15.1 Å². The molecule has 0 radical (unpaired) electrons. The molecule has 2 aromatic carbocycles. The summed E-state index contributed by atoms with van der Waals surface area (Å²) in [5.41, 5.74) is 3.21. The van der Waals surface area contributed by atoms with Gasteiger partial charge < -0.3 is 15.0 Å². The minimum atomic E-state index is -0.00925. The lowest BCUT2D eigenvalue weighted by Crippen LogP contribution is -2.43. The van der Waals surface area contributed by atoms with Gasteiger partial charge >= 0.3 is 0 Å². The number of piperazine rings is 1. The molecule has 2 aromatic rings. The number of likely N-dealkylation sites (N-methyl/N-ethyl adjacent to an activating group) is 1. The summed E-state index contributed by atoms with van der Waals surface area (Å²) >= 11 is 0. The van der Waals surface area contributed by atoms with Gasteiger partial charge in [-0.1, -0.05) is 30.3 Å². The number of fused-ring (bicyclic) bond motifs is 1. The molecule has 1 N–H and O–H groups in total. The van der Waals surface area contributed by atoms with Crippen LogP contribution in [-0.4, -0.2) is 62.1 Å². The molecule has 1 unspecified atom stereocenters. The van der Waals surface area contributed by atoms with E-state index in [0.717, 1.165) is 50.5 Å². The lowest BCUT2D eigenvalue weighted by Gasteiger charge is -2.32. The maximum atomic E-state index is 12.5.